The number of Topliss-reactive ketones (excluding diaryl/α,β-unsaturated/α-hetero) is 2. The monoisotopic (exact) mass is 328 g/mol. The van der Waals surface area contributed by atoms with Crippen molar-refractivity contribution < 1.29 is 14.3 Å². The molecule has 3 nitrogen and oxygen atoms in total. The molecule has 3 heteroatoms. The summed E-state index contributed by atoms with van der Waals surface area (Å²) in [6.45, 7) is 10.3. The van der Waals surface area contributed by atoms with Crippen LogP contribution < -0.4 is 0 Å². The quantitative estimate of drug-likeness (QED) is 0.786. The van der Waals surface area contributed by atoms with Gasteiger partial charge in [0.1, 0.15) is 11.7 Å². The first-order chi connectivity index (χ1) is 11.3. The summed E-state index contributed by atoms with van der Waals surface area (Å²) in [5.74, 6) is -0.0263. The number of hydrogen-bond donors (Lipinski definition) is 0. The first-order valence-corrected chi connectivity index (χ1v) is 9.07. The second-order valence-electron chi connectivity index (χ2n) is 7.93. The maximum absolute atomic E-state index is 13.0. The van der Waals surface area contributed by atoms with E-state index in [1.807, 2.05) is 20.8 Å². The van der Waals surface area contributed by atoms with Crippen LogP contribution in [0.4, 0.5) is 0 Å². The molecule has 2 fully saturated rings. The minimum Gasteiger partial charge on any atom is -0.375 e. The lowest BCUT2D eigenvalue weighted by Gasteiger charge is -2.17. The molecule has 0 aromatic heterocycles. The third-order valence-corrected chi connectivity index (χ3v) is 5.87. The van der Waals surface area contributed by atoms with Gasteiger partial charge in [-0.15, -0.1) is 0 Å². The molecule has 0 N–H and O–H groups in total. The van der Waals surface area contributed by atoms with Crippen LogP contribution >= 0.6 is 0 Å². The largest absolute Gasteiger partial charge is 0.375 e. The molecule has 5 atom stereocenters. The van der Waals surface area contributed by atoms with Crippen LogP contribution in [0.1, 0.15) is 61.3 Å². The summed E-state index contributed by atoms with van der Waals surface area (Å²) in [6.07, 6.45) is 2.43. The van der Waals surface area contributed by atoms with Crippen molar-refractivity contribution in [2.24, 2.45) is 11.8 Å². The molecule has 1 aliphatic heterocycles. The highest BCUT2D eigenvalue weighted by molar-refractivity contribution is 6.15. The smallest absolute Gasteiger partial charge is 0.151 e. The van der Waals surface area contributed by atoms with Gasteiger partial charge in [0, 0.05) is 12.3 Å². The predicted molar refractivity (Wildman–Crippen MR) is 94.2 cm³/mol. The lowest BCUT2D eigenvalue weighted by atomic mass is 9.86. The number of benzene rings is 1. The SMILES string of the molecule is Cc1cc(C)c(C2C(=O)CC(CC3CC(C)C(C)O3)C2=O)c(C)c1. The average molecular weight is 328 g/mol. The van der Waals surface area contributed by atoms with Crippen molar-refractivity contribution in [1.29, 1.82) is 0 Å². The fraction of sp³-hybridized carbons (Fsp3) is 0.619. The summed E-state index contributed by atoms with van der Waals surface area (Å²) >= 11 is 0. The number of carbonyl (C=O) groups is 2. The zero-order valence-electron chi connectivity index (χ0n) is 15.4. The molecule has 1 saturated carbocycles. The molecule has 0 amide bonds. The number of aryl methyl sites for hydroxylation is 3. The highest BCUT2D eigenvalue weighted by Crippen LogP contribution is 2.40. The van der Waals surface area contributed by atoms with Gasteiger partial charge in [-0.25, -0.2) is 0 Å². The Kier molecular flexibility index (Phi) is 4.65. The first-order valence-electron chi connectivity index (χ1n) is 9.07. The first kappa shape index (κ1) is 17.3. The molecule has 130 valence electrons. The van der Waals surface area contributed by atoms with Crippen molar-refractivity contribution >= 4 is 11.6 Å². The number of hydrogen-bond acceptors (Lipinski definition) is 3. The molecule has 0 radical (unpaired) electrons. The molecule has 24 heavy (non-hydrogen) atoms. The van der Waals surface area contributed by atoms with Crippen molar-refractivity contribution in [3.05, 3.63) is 34.4 Å². The molecule has 0 bridgehead atoms. The Morgan fingerprint density at radius 3 is 2.25 bits per heavy atom. The number of ether oxygens (including phenoxy) is 1. The molecule has 0 spiro atoms. The van der Waals surface area contributed by atoms with E-state index < -0.39 is 5.92 Å². The third kappa shape index (κ3) is 3.06. The van der Waals surface area contributed by atoms with Gasteiger partial charge in [0.25, 0.3) is 0 Å². The van der Waals surface area contributed by atoms with Crippen LogP contribution in [-0.4, -0.2) is 23.8 Å². The molecule has 1 heterocycles. The van der Waals surface area contributed by atoms with Crippen molar-refractivity contribution in [1.82, 2.24) is 0 Å². The number of ketones is 2. The minimum atomic E-state index is -0.563. The second-order valence-corrected chi connectivity index (χ2v) is 7.93. The van der Waals surface area contributed by atoms with Crippen LogP contribution in [0.3, 0.4) is 0 Å². The van der Waals surface area contributed by atoms with Crippen molar-refractivity contribution in [2.45, 2.75) is 72.0 Å². The topological polar surface area (TPSA) is 43.4 Å². The van der Waals surface area contributed by atoms with Crippen molar-refractivity contribution in [3.63, 3.8) is 0 Å². The zero-order valence-corrected chi connectivity index (χ0v) is 15.4. The Balaban J connectivity index is 1.80. The van der Waals surface area contributed by atoms with Crippen LogP contribution in [0.5, 0.6) is 0 Å². The summed E-state index contributed by atoms with van der Waals surface area (Å²) < 4.78 is 5.96. The van der Waals surface area contributed by atoms with Crippen molar-refractivity contribution in [2.75, 3.05) is 0 Å². The molecular weight excluding hydrogens is 300 g/mol. The van der Waals surface area contributed by atoms with E-state index in [1.165, 1.54) is 5.56 Å². The summed E-state index contributed by atoms with van der Waals surface area (Å²) in [6, 6.07) is 4.14. The fourth-order valence-electron chi connectivity index (χ4n) is 4.57. The van der Waals surface area contributed by atoms with Crippen LogP contribution in [0.25, 0.3) is 0 Å². The molecule has 5 unspecified atom stereocenters. The van der Waals surface area contributed by atoms with E-state index in [9.17, 15) is 9.59 Å². The third-order valence-electron chi connectivity index (χ3n) is 5.87. The van der Waals surface area contributed by atoms with E-state index in [2.05, 4.69) is 26.0 Å². The molecule has 1 aromatic carbocycles. The van der Waals surface area contributed by atoms with E-state index in [1.54, 1.807) is 0 Å². The van der Waals surface area contributed by atoms with Gasteiger partial charge < -0.3 is 4.74 Å². The number of carbonyl (C=O) groups excluding carboxylic acids is 2. The second kappa shape index (κ2) is 6.44. The molecule has 1 saturated heterocycles. The fourth-order valence-corrected chi connectivity index (χ4v) is 4.57. The Hall–Kier alpha value is -1.48. The minimum absolute atomic E-state index is 0.0825. The van der Waals surface area contributed by atoms with Gasteiger partial charge in [-0.2, -0.15) is 0 Å². The van der Waals surface area contributed by atoms with Crippen LogP contribution in [0.2, 0.25) is 0 Å². The summed E-state index contributed by atoms with van der Waals surface area (Å²) in [4.78, 5) is 25.6. The van der Waals surface area contributed by atoms with Crippen LogP contribution in [0.15, 0.2) is 12.1 Å². The van der Waals surface area contributed by atoms with Gasteiger partial charge in [-0.1, -0.05) is 24.6 Å². The standard InChI is InChI=1S/C21H28O3/c1-11-6-13(3)19(14(4)7-11)20-18(22)10-16(21(20)23)9-17-8-12(2)15(5)24-17/h6-7,12,15-17,20H,8-10H2,1-5H3. The lowest BCUT2D eigenvalue weighted by Crippen LogP contribution is -2.21. The van der Waals surface area contributed by atoms with Gasteiger partial charge in [0.2, 0.25) is 0 Å². The summed E-state index contributed by atoms with van der Waals surface area (Å²) in [7, 11) is 0. The van der Waals surface area contributed by atoms with Gasteiger partial charge in [0.05, 0.1) is 12.2 Å². The molecule has 1 aromatic rings. The van der Waals surface area contributed by atoms with E-state index >= 15 is 0 Å². The normalized spacial score (nSPS) is 33.5. The highest BCUT2D eigenvalue weighted by atomic mass is 16.5. The Morgan fingerprint density at radius 1 is 1.08 bits per heavy atom. The molecule has 2 aliphatic rings. The van der Waals surface area contributed by atoms with E-state index in [4.69, 9.17) is 4.74 Å². The van der Waals surface area contributed by atoms with E-state index in [0.717, 1.165) is 23.1 Å². The van der Waals surface area contributed by atoms with Crippen LogP contribution in [0, 0.1) is 32.6 Å². The highest BCUT2D eigenvalue weighted by Gasteiger charge is 2.45. The maximum atomic E-state index is 13.0. The maximum Gasteiger partial charge on any atom is 0.151 e. The average Bonchev–Trinajstić information content (AvgIpc) is 2.92. The predicted octanol–water partition coefficient (Wildman–Crippen LogP) is 4.06. The van der Waals surface area contributed by atoms with Gasteiger partial charge in [-0.05, 0) is 63.1 Å². The van der Waals surface area contributed by atoms with Gasteiger partial charge in [-0.3, -0.25) is 9.59 Å². The molecule has 3 rings (SSSR count). The zero-order chi connectivity index (χ0) is 17.6. The summed E-state index contributed by atoms with van der Waals surface area (Å²) in [5.41, 5.74) is 4.22. The van der Waals surface area contributed by atoms with E-state index in [0.29, 0.717) is 18.8 Å². The Labute approximate surface area is 144 Å². The Morgan fingerprint density at radius 2 is 1.71 bits per heavy atom. The Bertz CT molecular complexity index is 643. The lowest BCUT2D eigenvalue weighted by molar-refractivity contribution is -0.125. The van der Waals surface area contributed by atoms with E-state index in [-0.39, 0.29) is 29.7 Å². The molecule has 1 aliphatic carbocycles. The summed E-state index contributed by atoms with van der Waals surface area (Å²) in [5, 5.41) is 0. The van der Waals surface area contributed by atoms with Crippen LogP contribution in [-0.2, 0) is 14.3 Å². The van der Waals surface area contributed by atoms with Gasteiger partial charge in [0.15, 0.2) is 5.78 Å². The number of rotatable bonds is 3. The molecular formula is C21H28O3. The van der Waals surface area contributed by atoms with Crippen molar-refractivity contribution in [3.8, 4) is 0 Å². The van der Waals surface area contributed by atoms with Gasteiger partial charge >= 0.3 is 0 Å².